The van der Waals surface area contributed by atoms with Crippen LogP contribution in [0.15, 0.2) is 29.3 Å². The number of hydrogen-bond donors (Lipinski definition) is 4. The Morgan fingerprint density at radius 2 is 2.28 bits per heavy atom. The van der Waals surface area contributed by atoms with Crippen molar-refractivity contribution in [1.82, 2.24) is 20.2 Å². The van der Waals surface area contributed by atoms with Crippen LogP contribution in [0.2, 0.25) is 0 Å². The summed E-state index contributed by atoms with van der Waals surface area (Å²) in [4.78, 5) is 22.2. The van der Waals surface area contributed by atoms with Crippen LogP contribution in [0, 0.1) is 0 Å². The van der Waals surface area contributed by atoms with Crippen molar-refractivity contribution in [2.75, 3.05) is 23.3 Å². The maximum absolute atomic E-state index is 12.4. The van der Waals surface area contributed by atoms with Crippen molar-refractivity contribution in [3.63, 3.8) is 0 Å². The number of nitrogens with one attached hydrogen (secondary N) is 3. The number of anilines is 2. The largest absolute Gasteiger partial charge is 0.368 e. The standard InChI is InChI=1S/C16H18BrN7O/c17-11-6-19-15-13(14(11)24-3-1-2-10(18)8-24)12(7-20-15)23-16(25)9-4-21-22-5-9/h4-7,10H,1-3,8,18H2,(H,19,20)(H,21,22)(H,23,25)/t10-/m1/s1. The van der Waals surface area contributed by atoms with Gasteiger partial charge in [0.25, 0.3) is 5.91 Å². The Morgan fingerprint density at radius 3 is 3.04 bits per heavy atom. The number of nitrogens with zero attached hydrogens (tertiary/aromatic N) is 3. The zero-order valence-corrected chi connectivity index (χ0v) is 15.0. The number of rotatable bonds is 3. The Bertz CT molecular complexity index is 905. The van der Waals surface area contributed by atoms with E-state index in [2.05, 4.69) is 46.3 Å². The molecule has 0 spiro atoms. The summed E-state index contributed by atoms with van der Waals surface area (Å²) in [5.41, 5.74) is 9.04. The molecule has 0 saturated carbocycles. The van der Waals surface area contributed by atoms with E-state index < -0.39 is 0 Å². The summed E-state index contributed by atoms with van der Waals surface area (Å²) in [5.74, 6) is -0.226. The van der Waals surface area contributed by atoms with Gasteiger partial charge in [-0.15, -0.1) is 0 Å². The van der Waals surface area contributed by atoms with E-state index >= 15 is 0 Å². The third-order valence-corrected chi connectivity index (χ3v) is 4.99. The Hall–Kier alpha value is -2.39. The molecule has 0 aliphatic carbocycles. The van der Waals surface area contributed by atoms with Crippen LogP contribution >= 0.6 is 15.9 Å². The molecule has 1 atom stereocenters. The van der Waals surface area contributed by atoms with Crippen molar-refractivity contribution in [2.45, 2.75) is 18.9 Å². The molecule has 4 rings (SSSR count). The number of aromatic nitrogens is 4. The van der Waals surface area contributed by atoms with Gasteiger partial charge in [0.2, 0.25) is 0 Å². The van der Waals surface area contributed by atoms with Gasteiger partial charge in [0.05, 0.1) is 33.0 Å². The third-order valence-electron chi connectivity index (χ3n) is 4.41. The second kappa shape index (κ2) is 6.49. The molecule has 8 nitrogen and oxygen atoms in total. The smallest absolute Gasteiger partial charge is 0.258 e. The molecule has 9 heteroatoms. The molecule has 5 N–H and O–H groups in total. The number of halogens is 1. The minimum absolute atomic E-state index is 0.145. The summed E-state index contributed by atoms with van der Waals surface area (Å²) in [7, 11) is 0. The van der Waals surface area contributed by atoms with Gasteiger partial charge in [0.1, 0.15) is 5.65 Å². The first kappa shape index (κ1) is 16.1. The molecule has 0 aromatic carbocycles. The zero-order chi connectivity index (χ0) is 17.4. The number of carbonyl (C=O) groups is 1. The molecule has 25 heavy (non-hydrogen) atoms. The number of amides is 1. The fourth-order valence-corrected chi connectivity index (χ4v) is 3.80. The van der Waals surface area contributed by atoms with Crippen LogP contribution in [0.25, 0.3) is 11.0 Å². The quantitative estimate of drug-likeness (QED) is 0.534. The topological polar surface area (TPSA) is 116 Å². The average Bonchev–Trinajstić information content (AvgIpc) is 3.25. The SMILES string of the molecule is N[C@@H]1CCCN(c2c(Br)cnc3[nH]cc(NC(=O)c4cn[nH]c4)c23)C1. The lowest BCUT2D eigenvalue weighted by atomic mass is 10.1. The van der Waals surface area contributed by atoms with Gasteiger partial charge in [-0.3, -0.25) is 9.89 Å². The lowest BCUT2D eigenvalue weighted by Crippen LogP contribution is -2.43. The number of fused-ring (bicyclic) bond motifs is 1. The van der Waals surface area contributed by atoms with Gasteiger partial charge < -0.3 is 20.9 Å². The molecule has 1 aliphatic heterocycles. The molecule has 130 valence electrons. The van der Waals surface area contributed by atoms with Crippen LogP contribution in [0.5, 0.6) is 0 Å². The Balaban J connectivity index is 1.76. The third kappa shape index (κ3) is 3.00. The molecule has 4 heterocycles. The normalized spacial score (nSPS) is 17.8. The highest BCUT2D eigenvalue weighted by atomic mass is 79.9. The second-order valence-corrected chi connectivity index (χ2v) is 7.02. The van der Waals surface area contributed by atoms with E-state index in [0.29, 0.717) is 11.3 Å². The molecule has 1 amide bonds. The molecule has 0 radical (unpaired) electrons. The first-order chi connectivity index (χ1) is 12.1. The number of H-pyrrole nitrogens is 2. The molecule has 1 saturated heterocycles. The van der Waals surface area contributed by atoms with Crippen molar-refractivity contribution in [3.8, 4) is 0 Å². The molecular weight excluding hydrogens is 386 g/mol. The molecule has 3 aromatic rings. The summed E-state index contributed by atoms with van der Waals surface area (Å²) in [6, 6.07) is 0.145. The number of aromatic amines is 2. The minimum Gasteiger partial charge on any atom is -0.368 e. The second-order valence-electron chi connectivity index (χ2n) is 6.17. The maximum atomic E-state index is 12.4. The summed E-state index contributed by atoms with van der Waals surface area (Å²) in [6.45, 7) is 1.70. The van der Waals surface area contributed by atoms with Gasteiger partial charge in [0, 0.05) is 37.7 Å². The van der Waals surface area contributed by atoms with E-state index in [9.17, 15) is 4.79 Å². The lowest BCUT2D eigenvalue weighted by molar-refractivity contribution is 0.102. The van der Waals surface area contributed by atoms with Crippen molar-refractivity contribution < 1.29 is 4.79 Å². The first-order valence-electron chi connectivity index (χ1n) is 8.09. The molecule has 0 bridgehead atoms. The Kier molecular flexibility index (Phi) is 4.18. The fraction of sp³-hybridized carbons (Fsp3) is 0.312. The lowest BCUT2D eigenvalue weighted by Gasteiger charge is -2.33. The van der Waals surface area contributed by atoms with Gasteiger partial charge in [-0.05, 0) is 28.8 Å². The molecular formula is C16H18BrN7O. The Morgan fingerprint density at radius 1 is 1.40 bits per heavy atom. The summed E-state index contributed by atoms with van der Waals surface area (Å²) < 4.78 is 0.882. The fourth-order valence-electron chi connectivity index (χ4n) is 3.25. The van der Waals surface area contributed by atoms with Gasteiger partial charge in [0.15, 0.2) is 0 Å². The molecule has 1 aliphatic rings. The summed E-state index contributed by atoms with van der Waals surface area (Å²) >= 11 is 3.61. The summed E-state index contributed by atoms with van der Waals surface area (Å²) in [5, 5.41) is 10.3. The Labute approximate surface area is 152 Å². The van der Waals surface area contributed by atoms with E-state index in [1.165, 1.54) is 6.20 Å². The summed E-state index contributed by atoms with van der Waals surface area (Å²) in [6.07, 6.45) is 8.65. The van der Waals surface area contributed by atoms with Gasteiger partial charge in [-0.2, -0.15) is 5.10 Å². The molecule has 1 fully saturated rings. The van der Waals surface area contributed by atoms with Gasteiger partial charge >= 0.3 is 0 Å². The van der Waals surface area contributed by atoms with Crippen LogP contribution in [0.3, 0.4) is 0 Å². The maximum Gasteiger partial charge on any atom is 0.258 e. The van der Waals surface area contributed by atoms with E-state index in [4.69, 9.17) is 5.73 Å². The molecule has 0 unspecified atom stereocenters. The van der Waals surface area contributed by atoms with E-state index in [0.717, 1.165) is 47.1 Å². The van der Waals surface area contributed by atoms with Crippen LogP contribution in [-0.4, -0.2) is 45.2 Å². The van der Waals surface area contributed by atoms with Crippen LogP contribution in [-0.2, 0) is 0 Å². The van der Waals surface area contributed by atoms with Crippen LogP contribution in [0.4, 0.5) is 11.4 Å². The minimum atomic E-state index is -0.226. The number of carbonyl (C=O) groups excluding carboxylic acids is 1. The number of piperidine rings is 1. The highest BCUT2D eigenvalue weighted by molar-refractivity contribution is 9.10. The van der Waals surface area contributed by atoms with Crippen molar-refractivity contribution in [2.24, 2.45) is 5.73 Å². The molecule has 3 aromatic heterocycles. The van der Waals surface area contributed by atoms with Crippen LogP contribution in [0.1, 0.15) is 23.2 Å². The van der Waals surface area contributed by atoms with Crippen molar-refractivity contribution in [1.29, 1.82) is 0 Å². The highest BCUT2D eigenvalue weighted by Crippen LogP contribution is 2.38. The highest BCUT2D eigenvalue weighted by Gasteiger charge is 2.24. The predicted molar refractivity (Wildman–Crippen MR) is 99.8 cm³/mol. The number of hydrogen-bond acceptors (Lipinski definition) is 5. The average molecular weight is 404 g/mol. The van der Waals surface area contributed by atoms with E-state index in [1.807, 2.05) is 0 Å². The van der Waals surface area contributed by atoms with Gasteiger partial charge in [-0.1, -0.05) is 0 Å². The first-order valence-corrected chi connectivity index (χ1v) is 8.89. The van der Waals surface area contributed by atoms with Gasteiger partial charge in [-0.25, -0.2) is 4.98 Å². The predicted octanol–water partition coefficient (Wildman–Crippen LogP) is 2.23. The van der Waals surface area contributed by atoms with E-state index in [-0.39, 0.29) is 11.9 Å². The zero-order valence-electron chi connectivity index (χ0n) is 13.4. The monoisotopic (exact) mass is 403 g/mol. The number of pyridine rings is 1. The van der Waals surface area contributed by atoms with Crippen molar-refractivity contribution in [3.05, 3.63) is 34.8 Å². The van der Waals surface area contributed by atoms with E-state index in [1.54, 1.807) is 18.6 Å². The number of nitrogens with two attached hydrogens (primary N) is 1. The van der Waals surface area contributed by atoms with Crippen molar-refractivity contribution >= 4 is 44.2 Å². The van der Waals surface area contributed by atoms with Crippen LogP contribution < -0.4 is 16.0 Å².